The molecule has 0 aliphatic heterocycles. The molecule has 13 heteroatoms. The Hall–Kier alpha value is -5.11. The molecule has 1 unspecified atom stereocenters. The number of carbonyl (C=O) groups is 5. The van der Waals surface area contributed by atoms with E-state index in [0.29, 0.717) is 60.4 Å². The van der Waals surface area contributed by atoms with Crippen molar-refractivity contribution in [1.29, 1.82) is 0 Å². The highest BCUT2D eigenvalue weighted by Crippen LogP contribution is 2.39. The number of nitrogens with zero attached hydrogens (tertiary/aromatic N) is 2. The fourth-order valence-corrected chi connectivity index (χ4v) is 9.45. The highest BCUT2D eigenvalue weighted by molar-refractivity contribution is 7.17. The zero-order valence-electron chi connectivity index (χ0n) is 37.1. The van der Waals surface area contributed by atoms with E-state index in [9.17, 15) is 24.0 Å². The molecule has 0 bridgehead atoms. The van der Waals surface area contributed by atoms with Crippen molar-refractivity contribution in [2.75, 3.05) is 52.4 Å². The van der Waals surface area contributed by atoms with Crippen LogP contribution in [0.15, 0.2) is 72.5 Å². The predicted octanol–water partition coefficient (Wildman–Crippen LogP) is 8.30. The quantitative estimate of drug-likeness (QED) is 0.0900. The molecule has 12 nitrogen and oxygen atoms in total. The normalized spacial score (nSPS) is 14.6. The number of methoxy groups -OCH3 is 2. The number of hydrogen-bond acceptors (Lipinski definition) is 10. The molecule has 1 aromatic heterocycles. The van der Waals surface area contributed by atoms with Gasteiger partial charge in [0.05, 0.1) is 37.9 Å². The van der Waals surface area contributed by atoms with Crippen LogP contribution in [-0.4, -0.2) is 92.6 Å². The van der Waals surface area contributed by atoms with Crippen LogP contribution in [-0.2, 0) is 49.6 Å². The maximum atomic E-state index is 14.1. The van der Waals surface area contributed by atoms with E-state index in [-0.39, 0.29) is 55.2 Å². The summed E-state index contributed by atoms with van der Waals surface area (Å²) < 4.78 is 15.1. The molecule has 3 amide bonds. The number of allylic oxidation sites excluding steroid dienone is 3. The van der Waals surface area contributed by atoms with E-state index in [4.69, 9.17) is 14.2 Å². The summed E-state index contributed by atoms with van der Waals surface area (Å²) in [5.41, 5.74) is 5.49. The molecule has 0 saturated carbocycles. The van der Waals surface area contributed by atoms with E-state index < -0.39 is 0 Å². The van der Waals surface area contributed by atoms with Gasteiger partial charge in [0.15, 0.2) is 0 Å². The standard InChI is InChI=1S/C49H64N4O8S/c1-6-40(7-2)53(29-28-52(30-31-59-4)43(54)26-27-44(55)61-8-3)33-36-12-11-13-38(32-36)46(56)51-48-45(41-14-9-10-15-42(41)62-48)47(57)50-39-24-20-35(21-25-39)17-16-34-18-22-37(23-19-34)49(58)60-5/h11-13,18-20,22-25,32,35,40H,6-10,14-17,21,26-31,33H2,1-5H3,(H,50,57)(H,51,56). The average molecular weight is 869 g/mol. The van der Waals surface area contributed by atoms with Gasteiger partial charge in [0.2, 0.25) is 5.91 Å². The molecule has 334 valence electrons. The molecule has 3 aromatic rings. The molecular formula is C49H64N4O8S. The molecule has 5 rings (SSSR count). The Kier molecular flexibility index (Phi) is 18.9. The minimum absolute atomic E-state index is 0.0396. The highest BCUT2D eigenvalue weighted by atomic mass is 32.1. The van der Waals surface area contributed by atoms with Gasteiger partial charge in [0.1, 0.15) is 5.00 Å². The Morgan fingerprint density at radius 1 is 0.855 bits per heavy atom. The van der Waals surface area contributed by atoms with Gasteiger partial charge >= 0.3 is 11.9 Å². The zero-order valence-corrected chi connectivity index (χ0v) is 37.9. The van der Waals surface area contributed by atoms with Crippen molar-refractivity contribution in [3.05, 3.63) is 111 Å². The smallest absolute Gasteiger partial charge is 0.337 e. The Morgan fingerprint density at radius 2 is 1.63 bits per heavy atom. The zero-order chi connectivity index (χ0) is 44.4. The molecule has 2 aliphatic rings. The van der Waals surface area contributed by atoms with Crippen molar-refractivity contribution in [3.8, 4) is 0 Å². The van der Waals surface area contributed by atoms with Gasteiger partial charge in [0, 0.05) is 61.9 Å². The predicted molar refractivity (Wildman–Crippen MR) is 243 cm³/mol. The van der Waals surface area contributed by atoms with E-state index in [0.717, 1.165) is 85.1 Å². The number of aryl methyl sites for hydroxylation is 2. The summed E-state index contributed by atoms with van der Waals surface area (Å²) >= 11 is 1.50. The van der Waals surface area contributed by atoms with E-state index in [1.807, 2.05) is 36.4 Å². The summed E-state index contributed by atoms with van der Waals surface area (Å²) in [6.07, 6.45) is 14.5. The van der Waals surface area contributed by atoms with Crippen LogP contribution in [0.1, 0.15) is 125 Å². The summed E-state index contributed by atoms with van der Waals surface area (Å²) in [5.74, 6) is -1.00. The van der Waals surface area contributed by atoms with Crippen LogP contribution in [0.2, 0.25) is 0 Å². The van der Waals surface area contributed by atoms with Crippen LogP contribution in [0.3, 0.4) is 0 Å². The first kappa shape index (κ1) is 47.9. The number of rotatable bonds is 23. The molecule has 0 fully saturated rings. The van der Waals surface area contributed by atoms with Gasteiger partial charge < -0.3 is 29.7 Å². The van der Waals surface area contributed by atoms with Gasteiger partial charge in [0.25, 0.3) is 11.8 Å². The largest absolute Gasteiger partial charge is 0.466 e. The molecule has 0 spiro atoms. The van der Waals surface area contributed by atoms with Crippen molar-refractivity contribution < 1.29 is 38.2 Å². The fraction of sp³-hybridized carbons (Fsp3) is 0.490. The van der Waals surface area contributed by atoms with E-state index in [1.165, 1.54) is 18.4 Å². The number of nitrogens with one attached hydrogen (secondary N) is 2. The van der Waals surface area contributed by atoms with Gasteiger partial charge in [-0.1, -0.05) is 50.3 Å². The van der Waals surface area contributed by atoms with Crippen LogP contribution in [0.4, 0.5) is 5.00 Å². The minimum atomic E-state index is -0.382. The van der Waals surface area contributed by atoms with Gasteiger partial charge in [-0.15, -0.1) is 11.3 Å². The molecule has 0 radical (unpaired) electrons. The first-order valence-electron chi connectivity index (χ1n) is 22.1. The Labute approximate surface area is 371 Å². The molecular weight excluding hydrogens is 805 g/mol. The topological polar surface area (TPSA) is 144 Å². The average Bonchev–Trinajstić information content (AvgIpc) is 3.66. The summed E-state index contributed by atoms with van der Waals surface area (Å²) in [6, 6.07) is 15.4. The number of amides is 3. The van der Waals surface area contributed by atoms with E-state index >= 15 is 0 Å². The summed E-state index contributed by atoms with van der Waals surface area (Å²) in [6.45, 7) is 8.81. The van der Waals surface area contributed by atoms with E-state index in [2.05, 4.69) is 41.5 Å². The summed E-state index contributed by atoms with van der Waals surface area (Å²) in [4.78, 5) is 70.2. The van der Waals surface area contributed by atoms with Gasteiger partial charge in [-0.25, -0.2) is 4.79 Å². The fourth-order valence-electron chi connectivity index (χ4n) is 8.17. The Balaban J connectivity index is 1.23. The minimum Gasteiger partial charge on any atom is -0.466 e. The maximum Gasteiger partial charge on any atom is 0.337 e. The van der Waals surface area contributed by atoms with Crippen LogP contribution in [0, 0.1) is 5.92 Å². The highest BCUT2D eigenvalue weighted by Gasteiger charge is 2.28. The second-order valence-corrected chi connectivity index (χ2v) is 17.0. The lowest BCUT2D eigenvalue weighted by Gasteiger charge is -2.33. The lowest BCUT2D eigenvalue weighted by Crippen LogP contribution is -2.43. The van der Waals surface area contributed by atoms with Crippen LogP contribution >= 0.6 is 11.3 Å². The third-order valence-corrected chi connectivity index (χ3v) is 12.9. The van der Waals surface area contributed by atoms with Crippen molar-refractivity contribution in [1.82, 2.24) is 15.1 Å². The molecule has 2 aliphatic carbocycles. The van der Waals surface area contributed by atoms with Gasteiger partial charge in [-0.3, -0.25) is 24.1 Å². The number of anilines is 1. The molecule has 2 N–H and O–H groups in total. The van der Waals surface area contributed by atoms with E-state index in [1.54, 1.807) is 37.1 Å². The van der Waals surface area contributed by atoms with Crippen molar-refractivity contribution in [2.24, 2.45) is 5.92 Å². The summed E-state index contributed by atoms with van der Waals surface area (Å²) in [5, 5.41) is 6.84. The van der Waals surface area contributed by atoms with Crippen LogP contribution in [0.25, 0.3) is 0 Å². The first-order chi connectivity index (χ1) is 30.1. The van der Waals surface area contributed by atoms with Crippen molar-refractivity contribution in [2.45, 2.75) is 104 Å². The number of hydrogen-bond donors (Lipinski definition) is 2. The third-order valence-electron chi connectivity index (χ3n) is 11.7. The Bertz CT molecular complexity index is 2050. The van der Waals surface area contributed by atoms with Gasteiger partial charge in [-0.2, -0.15) is 0 Å². The number of thiophene rings is 1. The Morgan fingerprint density at radius 3 is 2.32 bits per heavy atom. The lowest BCUT2D eigenvalue weighted by molar-refractivity contribution is -0.145. The van der Waals surface area contributed by atoms with Crippen molar-refractivity contribution in [3.63, 3.8) is 0 Å². The lowest BCUT2D eigenvalue weighted by atomic mass is 9.92. The molecule has 1 atom stereocenters. The maximum absolute atomic E-state index is 14.1. The number of ether oxygens (including phenoxy) is 3. The summed E-state index contributed by atoms with van der Waals surface area (Å²) in [7, 11) is 2.98. The van der Waals surface area contributed by atoms with Crippen molar-refractivity contribution >= 4 is 46.0 Å². The van der Waals surface area contributed by atoms with Crippen LogP contribution in [0.5, 0.6) is 0 Å². The van der Waals surface area contributed by atoms with Crippen LogP contribution < -0.4 is 10.6 Å². The SMILES string of the molecule is CCOC(=O)CCC(=O)N(CCOC)CCN(Cc1cccc(C(=O)Nc2sc3c(c2C(=O)NC2=CCC(CCc4ccc(C(=O)OC)cc4)C=C2)CCCC3)c1)C(CC)CC. The first-order valence-corrected chi connectivity index (χ1v) is 23.0. The molecule has 0 saturated heterocycles. The monoisotopic (exact) mass is 868 g/mol. The number of benzene rings is 2. The second-order valence-electron chi connectivity index (χ2n) is 15.9. The number of carbonyl (C=O) groups excluding carboxylic acids is 5. The number of fused-ring (bicyclic) bond motifs is 1. The number of esters is 2. The molecule has 2 aromatic carbocycles. The molecule has 62 heavy (non-hydrogen) atoms. The second kappa shape index (κ2) is 24.5. The van der Waals surface area contributed by atoms with Gasteiger partial charge in [-0.05, 0) is 118 Å². The molecule has 1 heterocycles. The third kappa shape index (κ3) is 13.7.